The van der Waals surface area contributed by atoms with Gasteiger partial charge in [-0.3, -0.25) is 0 Å². The van der Waals surface area contributed by atoms with Gasteiger partial charge in [-0.1, -0.05) is 19.1 Å². The molecule has 3 heteroatoms. The van der Waals surface area contributed by atoms with Gasteiger partial charge in [0.2, 0.25) is 0 Å². The van der Waals surface area contributed by atoms with Crippen molar-refractivity contribution >= 4 is 0 Å². The summed E-state index contributed by atoms with van der Waals surface area (Å²) < 4.78 is 12.5. The average molecular weight is 183 g/mol. The SMILES string of the molecule is CCC(N)C(O)c1ccc(F)cc1. The molecule has 13 heavy (non-hydrogen) atoms. The molecule has 0 aliphatic carbocycles. The monoisotopic (exact) mass is 183 g/mol. The lowest BCUT2D eigenvalue weighted by molar-refractivity contribution is 0.144. The number of benzene rings is 1. The third-order valence-corrected chi connectivity index (χ3v) is 2.09. The Morgan fingerprint density at radius 2 is 1.92 bits per heavy atom. The van der Waals surface area contributed by atoms with Gasteiger partial charge in [0.05, 0.1) is 6.10 Å². The van der Waals surface area contributed by atoms with Gasteiger partial charge in [-0.2, -0.15) is 0 Å². The second-order valence-electron chi connectivity index (χ2n) is 3.07. The Bertz CT molecular complexity index is 260. The van der Waals surface area contributed by atoms with E-state index in [0.29, 0.717) is 12.0 Å². The first-order valence-corrected chi connectivity index (χ1v) is 4.34. The van der Waals surface area contributed by atoms with Crippen molar-refractivity contribution in [3.63, 3.8) is 0 Å². The highest BCUT2D eigenvalue weighted by molar-refractivity contribution is 5.19. The lowest BCUT2D eigenvalue weighted by atomic mass is 10.0. The molecule has 0 radical (unpaired) electrons. The summed E-state index contributed by atoms with van der Waals surface area (Å²) in [5.41, 5.74) is 6.31. The summed E-state index contributed by atoms with van der Waals surface area (Å²) in [6.45, 7) is 1.90. The molecule has 0 bridgehead atoms. The Balaban J connectivity index is 2.77. The van der Waals surface area contributed by atoms with Crippen molar-refractivity contribution in [2.24, 2.45) is 5.73 Å². The molecule has 3 N–H and O–H groups in total. The van der Waals surface area contributed by atoms with Gasteiger partial charge in [-0.05, 0) is 24.1 Å². The topological polar surface area (TPSA) is 46.2 Å². The molecule has 1 aromatic carbocycles. The summed E-state index contributed by atoms with van der Waals surface area (Å²) >= 11 is 0. The standard InChI is InChI=1S/C10H14FNO/c1-2-9(12)10(13)7-3-5-8(11)6-4-7/h3-6,9-10,13H,2,12H2,1H3. The third-order valence-electron chi connectivity index (χ3n) is 2.09. The van der Waals surface area contributed by atoms with Crippen LogP contribution in [-0.2, 0) is 0 Å². The van der Waals surface area contributed by atoms with Gasteiger partial charge in [0.1, 0.15) is 5.82 Å². The minimum Gasteiger partial charge on any atom is -0.387 e. The summed E-state index contributed by atoms with van der Waals surface area (Å²) in [6, 6.07) is 5.46. The van der Waals surface area contributed by atoms with Crippen LogP contribution in [0.15, 0.2) is 24.3 Å². The van der Waals surface area contributed by atoms with Gasteiger partial charge in [-0.15, -0.1) is 0 Å². The van der Waals surface area contributed by atoms with Crippen LogP contribution in [-0.4, -0.2) is 11.1 Å². The predicted molar refractivity (Wildman–Crippen MR) is 49.6 cm³/mol. The Hall–Kier alpha value is -0.930. The van der Waals surface area contributed by atoms with Crippen molar-refractivity contribution in [1.29, 1.82) is 0 Å². The third kappa shape index (κ3) is 2.50. The van der Waals surface area contributed by atoms with Crippen molar-refractivity contribution in [3.05, 3.63) is 35.6 Å². The maximum absolute atomic E-state index is 12.5. The minimum atomic E-state index is -0.703. The molecule has 0 heterocycles. The average Bonchev–Trinajstić information content (AvgIpc) is 2.17. The normalized spacial score (nSPS) is 15.4. The summed E-state index contributed by atoms with van der Waals surface area (Å²) in [6.07, 6.45) is -0.0101. The van der Waals surface area contributed by atoms with Crippen LogP contribution in [0.3, 0.4) is 0 Å². The molecule has 72 valence electrons. The molecule has 1 rings (SSSR count). The van der Waals surface area contributed by atoms with Crippen molar-refractivity contribution < 1.29 is 9.50 Å². The van der Waals surface area contributed by atoms with E-state index in [1.165, 1.54) is 12.1 Å². The Morgan fingerprint density at radius 1 is 1.38 bits per heavy atom. The molecule has 2 nitrogen and oxygen atoms in total. The Morgan fingerprint density at radius 3 is 2.38 bits per heavy atom. The number of aliphatic hydroxyl groups excluding tert-OH is 1. The number of hydrogen-bond acceptors (Lipinski definition) is 2. The number of halogens is 1. The fourth-order valence-corrected chi connectivity index (χ4v) is 1.13. The van der Waals surface area contributed by atoms with Crippen LogP contribution in [0.1, 0.15) is 25.0 Å². The Labute approximate surface area is 77.2 Å². The van der Waals surface area contributed by atoms with Gasteiger partial charge >= 0.3 is 0 Å². The first-order chi connectivity index (χ1) is 6.15. The van der Waals surface area contributed by atoms with E-state index in [1.54, 1.807) is 12.1 Å². The molecule has 0 aromatic heterocycles. The fraction of sp³-hybridized carbons (Fsp3) is 0.400. The van der Waals surface area contributed by atoms with E-state index in [9.17, 15) is 9.50 Å². The van der Waals surface area contributed by atoms with Crippen molar-refractivity contribution in [1.82, 2.24) is 0 Å². The first kappa shape index (κ1) is 10.2. The highest BCUT2D eigenvalue weighted by Crippen LogP contribution is 2.17. The number of nitrogens with two attached hydrogens (primary N) is 1. The van der Waals surface area contributed by atoms with Crippen LogP contribution < -0.4 is 5.73 Å². The van der Waals surface area contributed by atoms with E-state index < -0.39 is 6.10 Å². The maximum atomic E-state index is 12.5. The van der Waals surface area contributed by atoms with Crippen LogP contribution in [0.4, 0.5) is 4.39 Å². The molecule has 0 saturated carbocycles. The summed E-state index contributed by atoms with van der Waals surface area (Å²) in [5.74, 6) is -0.305. The molecule has 1 aromatic rings. The van der Waals surface area contributed by atoms with Gasteiger partial charge < -0.3 is 10.8 Å². The van der Waals surface area contributed by atoms with Crippen LogP contribution >= 0.6 is 0 Å². The number of aliphatic hydroxyl groups is 1. The van der Waals surface area contributed by atoms with Crippen LogP contribution in [0.2, 0.25) is 0 Å². The van der Waals surface area contributed by atoms with E-state index >= 15 is 0 Å². The number of rotatable bonds is 3. The van der Waals surface area contributed by atoms with E-state index in [2.05, 4.69) is 0 Å². The molecule has 0 spiro atoms. The first-order valence-electron chi connectivity index (χ1n) is 4.34. The lowest BCUT2D eigenvalue weighted by Crippen LogP contribution is -2.27. The van der Waals surface area contributed by atoms with Gasteiger partial charge in [0.25, 0.3) is 0 Å². The quantitative estimate of drug-likeness (QED) is 0.747. The van der Waals surface area contributed by atoms with Crippen LogP contribution in [0, 0.1) is 5.82 Å². The minimum absolute atomic E-state index is 0.287. The van der Waals surface area contributed by atoms with E-state index in [0.717, 1.165) is 0 Å². The largest absolute Gasteiger partial charge is 0.387 e. The molecule has 0 aliphatic rings. The second kappa shape index (κ2) is 4.35. The molecule has 2 unspecified atom stereocenters. The molecule has 0 aliphatic heterocycles. The second-order valence-corrected chi connectivity index (χ2v) is 3.07. The van der Waals surface area contributed by atoms with Gasteiger partial charge in [-0.25, -0.2) is 4.39 Å². The summed E-state index contributed by atoms with van der Waals surface area (Å²) in [4.78, 5) is 0. The van der Waals surface area contributed by atoms with E-state index in [-0.39, 0.29) is 11.9 Å². The molecule has 0 fully saturated rings. The van der Waals surface area contributed by atoms with Crippen molar-refractivity contribution in [2.75, 3.05) is 0 Å². The maximum Gasteiger partial charge on any atom is 0.123 e. The number of hydrogen-bond donors (Lipinski definition) is 2. The van der Waals surface area contributed by atoms with Crippen molar-refractivity contribution in [2.45, 2.75) is 25.5 Å². The predicted octanol–water partition coefficient (Wildman–Crippen LogP) is 1.60. The lowest BCUT2D eigenvalue weighted by Gasteiger charge is -2.17. The molecule has 0 amide bonds. The van der Waals surface area contributed by atoms with E-state index in [4.69, 9.17) is 5.73 Å². The Kier molecular flexibility index (Phi) is 3.39. The summed E-state index contributed by atoms with van der Waals surface area (Å²) in [7, 11) is 0. The van der Waals surface area contributed by atoms with E-state index in [1.807, 2.05) is 6.92 Å². The zero-order valence-electron chi connectivity index (χ0n) is 7.57. The molecular formula is C10H14FNO. The molecule has 0 saturated heterocycles. The van der Waals surface area contributed by atoms with Gasteiger partial charge in [0, 0.05) is 6.04 Å². The zero-order chi connectivity index (χ0) is 9.84. The zero-order valence-corrected chi connectivity index (χ0v) is 7.57. The van der Waals surface area contributed by atoms with Gasteiger partial charge in [0.15, 0.2) is 0 Å². The van der Waals surface area contributed by atoms with Crippen LogP contribution in [0.5, 0.6) is 0 Å². The summed E-state index contributed by atoms with van der Waals surface area (Å²) in [5, 5.41) is 9.63. The molecule has 2 atom stereocenters. The molecular weight excluding hydrogens is 169 g/mol. The highest BCUT2D eigenvalue weighted by atomic mass is 19.1. The smallest absolute Gasteiger partial charge is 0.123 e. The van der Waals surface area contributed by atoms with Crippen LogP contribution in [0.25, 0.3) is 0 Å². The van der Waals surface area contributed by atoms with Crippen molar-refractivity contribution in [3.8, 4) is 0 Å². The highest BCUT2D eigenvalue weighted by Gasteiger charge is 2.14. The fourth-order valence-electron chi connectivity index (χ4n) is 1.13.